The van der Waals surface area contributed by atoms with Gasteiger partial charge in [-0.2, -0.15) is 0 Å². The van der Waals surface area contributed by atoms with Gasteiger partial charge in [0.2, 0.25) is 0 Å². The highest BCUT2D eigenvalue weighted by molar-refractivity contribution is 5.43. The number of rotatable bonds is 3. The maximum atomic E-state index is 13.7. The fourth-order valence-electron chi connectivity index (χ4n) is 3.14. The third-order valence-electron chi connectivity index (χ3n) is 4.30. The first kappa shape index (κ1) is 12.9. The van der Waals surface area contributed by atoms with Gasteiger partial charge in [-0.05, 0) is 37.3 Å². The van der Waals surface area contributed by atoms with Crippen LogP contribution < -0.4 is 5.32 Å². The van der Waals surface area contributed by atoms with Gasteiger partial charge in [0.1, 0.15) is 0 Å². The van der Waals surface area contributed by atoms with Crippen LogP contribution in [0.1, 0.15) is 30.0 Å². The number of hydrogen-bond donors (Lipinski definition) is 2. The first-order valence-electron chi connectivity index (χ1n) is 7.11. The number of phenols is 1. The molecule has 1 saturated carbocycles. The third kappa shape index (κ3) is 2.47. The van der Waals surface area contributed by atoms with Crippen LogP contribution in [0.4, 0.5) is 4.39 Å². The lowest BCUT2D eigenvalue weighted by atomic mass is 9.94. The zero-order valence-electron chi connectivity index (χ0n) is 11.3. The number of piperazine rings is 1. The molecule has 2 N–H and O–H groups in total. The van der Waals surface area contributed by atoms with Crippen LogP contribution in [0.5, 0.6) is 5.75 Å². The molecule has 1 aliphatic heterocycles. The minimum Gasteiger partial charge on any atom is -0.505 e. The molecular weight excluding hydrogens is 243 g/mol. The Hall–Kier alpha value is -1.13. The van der Waals surface area contributed by atoms with Crippen LogP contribution in [-0.2, 0) is 0 Å². The lowest BCUT2D eigenvalue weighted by molar-refractivity contribution is 0.152. The number of benzene rings is 1. The van der Waals surface area contributed by atoms with E-state index in [9.17, 15) is 9.50 Å². The molecule has 1 saturated heterocycles. The summed E-state index contributed by atoms with van der Waals surface area (Å²) in [4.78, 5) is 2.40. The van der Waals surface area contributed by atoms with E-state index < -0.39 is 5.82 Å². The summed E-state index contributed by atoms with van der Waals surface area (Å²) >= 11 is 0. The monoisotopic (exact) mass is 264 g/mol. The largest absolute Gasteiger partial charge is 0.505 e. The molecule has 1 heterocycles. The number of nitrogens with one attached hydrogen (secondary N) is 1. The second kappa shape index (κ2) is 5.10. The number of hydrogen-bond acceptors (Lipinski definition) is 3. The van der Waals surface area contributed by atoms with Crippen LogP contribution >= 0.6 is 0 Å². The molecule has 1 aliphatic carbocycles. The fraction of sp³-hybridized carbons (Fsp3) is 0.600. The van der Waals surface area contributed by atoms with Gasteiger partial charge in [-0.1, -0.05) is 6.07 Å². The van der Waals surface area contributed by atoms with E-state index in [1.54, 1.807) is 6.07 Å². The van der Waals surface area contributed by atoms with Crippen LogP contribution in [0.3, 0.4) is 0 Å². The Morgan fingerprint density at radius 2 is 2.00 bits per heavy atom. The van der Waals surface area contributed by atoms with Gasteiger partial charge in [-0.3, -0.25) is 4.90 Å². The van der Waals surface area contributed by atoms with Gasteiger partial charge >= 0.3 is 0 Å². The van der Waals surface area contributed by atoms with Gasteiger partial charge < -0.3 is 10.4 Å². The van der Waals surface area contributed by atoms with Crippen molar-refractivity contribution in [2.45, 2.75) is 25.8 Å². The van der Waals surface area contributed by atoms with Crippen LogP contribution in [0, 0.1) is 18.7 Å². The van der Waals surface area contributed by atoms with Crippen molar-refractivity contribution in [3.05, 3.63) is 29.1 Å². The third-order valence-corrected chi connectivity index (χ3v) is 4.30. The van der Waals surface area contributed by atoms with Crippen molar-refractivity contribution in [3.63, 3.8) is 0 Å². The van der Waals surface area contributed by atoms with Crippen molar-refractivity contribution in [1.29, 1.82) is 0 Å². The van der Waals surface area contributed by atoms with E-state index in [4.69, 9.17) is 0 Å². The molecule has 19 heavy (non-hydrogen) atoms. The first-order chi connectivity index (χ1) is 9.18. The minimum absolute atomic E-state index is 0.143. The number of aryl methyl sites for hydroxylation is 1. The first-order valence-corrected chi connectivity index (χ1v) is 7.11. The SMILES string of the molecule is Cc1ccc(F)c(O)c1[C@@H](C1CC1)N1CCNCC1. The van der Waals surface area contributed by atoms with E-state index in [-0.39, 0.29) is 11.8 Å². The van der Waals surface area contributed by atoms with Crippen LogP contribution in [0.25, 0.3) is 0 Å². The summed E-state index contributed by atoms with van der Waals surface area (Å²) in [5.74, 6) is -0.0682. The molecular formula is C15H21FN2O. The Morgan fingerprint density at radius 1 is 1.32 bits per heavy atom. The Bertz CT molecular complexity index is 467. The molecule has 0 amide bonds. The normalized spacial score (nSPS) is 22.4. The molecule has 104 valence electrons. The number of halogens is 1. The fourth-order valence-corrected chi connectivity index (χ4v) is 3.14. The molecule has 2 aliphatic rings. The van der Waals surface area contributed by atoms with Crippen LogP contribution in [0.2, 0.25) is 0 Å². The second-order valence-electron chi connectivity index (χ2n) is 5.69. The molecule has 4 heteroatoms. The van der Waals surface area contributed by atoms with Gasteiger partial charge in [0.25, 0.3) is 0 Å². The zero-order valence-corrected chi connectivity index (χ0v) is 11.3. The zero-order chi connectivity index (χ0) is 13.4. The van der Waals surface area contributed by atoms with Gasteiger partial charge in [0.15, 0.2) is 11.6 Å². The molecule has 1 aromatic carbocycles. The van der Waals surface area contributed by atoms with Crippen molar-refractivity contribution in [3.8, 4) is 5.75 Å². The molecule has 1 atom stereocenters. The molecule has 0 spiro atoms. The summed E-state index contributed by atoms with van der Waals surface area (Å²) < 4.78 is 13.7. The summed E-state index contributed by atoms with van der Waals surface area (Å²) in [6, 6.07) is 3.32. The molecule has 0 aromatic heterocycles. The lowest BCUT2D eigenvalue weighted by Crippen LogP contribution is -2.45. The smallest absolute Gasteiger partial charge is 0.165 e. The van der Waals surface area contributed by atoms with Crippen LogP contribution in [0.15, 0.2) is 12.1 Å². The topological polar surface area (TPSA) is 35.5 Å². The van der Waals surface area contributed by atoms with Crippen molar-refractivity contribution >= 4 is 0 Å². The highest BCUT2D eigenvalue weighted by atomic mass is 19.1. The van der Waals surface area contributed by atoms with Gasteiger partial charge in [-0.15, -0.1) is 0 Å². The Morgan fingerprint density at radius 3 is 2.63 bits per heavy atom. The summed E-state index contributed by atoms with van der Waals surface area (Å²) in [5.41, 5.74) is 1.80. The Kier molecular flexibility index (Phi) is 3.46. The van der Waals surface area contributed by atoms with E-state index >= 15 is 0 Å². The van der Waals surface area contributed by atoms with E-state index in [1.165, 1.54) is 18.9 Å². The summed E-state index contributed by atoms with van der Waals surface area (Å²) in [5, 5.41) is 13.5. The molecule has 3 rings (SSSR count). The quantitative estimate of drug-likeness (QED) is 0.878. The second-order valence-corrected chi connectivity index (χ2v) is 5.69. The Labute approximate surface area is 113 Å². The minimum atomic E-state index is -0.499. The van der Waals surface area contributed by atoms with Crippen molar-refractivity contribution < 1.29 is 9.50 Å². The van der Waals surface area contributed by atoms with Crippen LogP contribution in [-0.4, -0.2) is 36.2 Å². The van der Waals surface area contributed by atoms with Crippen molar-refractivity contribution in [2.24, 2.45) is 5.92 Å². The van der Waals surface area contributed by atoms with Gasteiger partial charge in [-0.25, -0.2) is 4.39 Å². The van der Waals surface area contributed by atoms with E-state index in [2.05, 4.69) is 10.2 Å². The Balaban J connectivity index is 1.97. The van der Waals surface area contributed by atoms with E-state index in [0.717, 1.165) is 37.3 Å². The summed E-state index contributed by atoms with van der Waals surface area (Å²) in [7, 11) is 0. The molecule has 0 radical (unpaired) electrons. The van der Waals surface area contributed by atoms with Gasteiger partial charge in [0, 0.05) is 37.8 Å². The number of aromatic hydroxyl groups is 1. The maximum absolute atomic E-state index is 13.7. The predicted octanol–water partition coefficient (Wildman–Crippen LogP) is 2.20. The number of phenolic OH excluding ortho intramolecular Hbond substituents is 1. The molecule has 3 nitrogen and oxygen atoms in total. The molecule has 1 aromatic rings. The molecule has 0 bridgehead atoms. The average Bonchev–Trinajstić information content (AvgIpc) is 3.24. The highest BCUT2D eigenvalue weighted by Crippen LogP contribution is 2.48. The molecule has 2 fully saturated rings. The van der Waals surface area contributed by atoms with Crippen molar-refractivity contribution in [1.82, 2.24) is 10.2 Å². The lowest BCUT2D eigenvalue weighted by Gasteiger charge is -2.36. The summed E-state index contributed by atoms with van der Waals surface area (Å²) in [6.07, 6.45) is 2.37. The summed E-state index contributed by atoms with van der Waals surface area (Å²) in [6.45, 7) is 5.84. The highest BCUT2D eigenvalue weighted by Gasteiger charge is 2.39. The standard InChI is InChI=1S/C15H21FN2O/c1-10-2-5-12(16)15(19)13(10)14(11-3-4-11)18-8-6-17-7-9-18/h2,5,11,14,17,19H,3-4,6-9H2,1H3/t14-/m1/s1. The average molecular weight is 264 g/mol. The van der Waals surface area contributed by atoms with Gasteiger partial charge in [0.05, 0.1) is 0 Å². The maximum Gasteiger partial charge on any atom is 0.165 e. The van der Waals surface area contributed by atoms with E-state index in [0.29, 0.717) is 5.92 Å². The van der Waals surface area contributed by atoms with E-state index in [1.807, 2.05) is 6.92 Å². The number of nitrogens with zero attached hydrogens (tertiary/aromatic N) is 1. The predicted molar refractivity (Wildman–Crippen MR) is 72.7 cm³/mol. The molecule has 0 unspecified atom stereocenters. The van der Waals surface area contributed by atoms with Crippen molar-refractivity contribution in [2.75, 3.05) is 26.2 Å².